The lowest BCUT2D eigenvalue weighted by molar-refractivity contribution is -0.139. The van der Waals surface area contributed by atoms with Gasteiger partial charge in [0.15, 0.2) is 0 Å². The summed E-state index contributed by atoms with van der Waals surface area (Å²) >= 11 is 0. The molecule has 1 N–H and O–H groups in total. The Balaban J connectivity index is 0.000000474. The zero-order valence-corrected chi connectivity index (χ0v) is 18.9. The maximum atomic E-state index is 12.4. The third-order valence-corrected chi connectivity index (χ3v) is 4.47. The molecule has 1 saturated heterocycles. The second kappa shape index (κ2) is 13.6. The highest BCUT2D eigenvalue weighted by molar-refractivity contribution is 6.32. The van der Waals surface area contributed by atoms with Crippen LogP contribution < -0.4 is 10.8 Å². The first kappa shape index (κ1) is 25.5. The Labute approximate surface area is 181 Å². The summed E-state index contributed by atoms with van der Waals surface area (Å²) in [6.07, 6.45) is 3.69. The van der Waals surface area contributed by atoms with Crippen LogP contribution in [0, 0.1) is 12.8 Å². The molecule has 7 heteroatoms. The molecule has 162 valence electrons. The van der Waals surface area contributed by atoms with Crippen LogP contribution in [0.1, 0.15) is 58.2 Å². The molecule has 1 aliphatic heterocycles. The van der Waals surface area contributed by atoms with E-state index in [2.05, 4.69) is 15.0 Å². The lowest BCUT2D eigenvalue weighted by Gasteiger charge is -2.24. The molecule has 2 radical (unpaired) electrons. The molecule has 3 rings (SSSR count). The van der Waals surface area contributed by atoms with E-state index in [1.54, 1.807) is 17.2 Å². The van der Waals surface area contributed by atoms with Gasteiger partial charge in [-0.25, -0.2) is 0 Å². The Morgan fingerprint density at radius 3 is 2.40 bits per heavy atom. The fourth-order valence-corrected chi connectivity index (χ4v) is 3.02. The molecule has 2 aromatic rings. The number of hydrogen-bond acceptors (Lipinski definition) is 4. The monoisotopic (exact) mass is 411 g/mol. The van der Waals surface area contributed by atoms with E-state index in [9.17, 15) is 9.59 Å². The van der Waals surface area contributed by atoms with E-state index < -0.39 is 0 Å². The van der Waals surface area contributed by atoms with Gasteiger partial charge in [0.1, 0.15) is 20.2 Å². The number of aryl methyl sites for hydroxylation is 1. The Bertz CT molecular complexity index is 746. The largest absolute Gasteiger partial charge is 0.365 e. The first-order valence-electron chi connectivity index (χ1n) is 10.7. The summed E-state index contributed by atoms with van der Waals surface area (Å²) in [6, 6.07) is 8.91. The number of rotatable bonds is 5. The van der Waals surface area contributed by atoms with E-state index in [-0.39, 0.29) is 17.9 Å². The zero-order valence-electron chi connectivity index (χ0n) is 18.9. The van der Waals surface area contributed by atoms with Crippen molar-refractivity contribution in [3.05, 3.63) is 47.9 Å². The molecule has 1 aromatic heterocycles. The standard InChI is InChI=1S/C17H23BN2O2.C4H5NO.C2H6/c1-12(2)10-16(21)20-9-3-4-15(20)17(22)19-11-13-5-7-14(18)8-6-13;1-4-2-3-6-5-4;1-2/h5-8,12,15H,3-4,9-11H2,1-2H3,(H,19,22);2-3H,1H3;1-2H3. The Morgan fingerprint density at radius 2 is 1.90 bits per heavy atom. The summed E-state index contributed by atoms with van der Waals surface area (Å²) in [5.74, 6) is 0.332. The van der Waals surface area contributed by atoms with Gasteiger partial charge in [-0.15, -0.1) is 0 Å². The molecule has 0 bridgehead atoms. The van der Waals surface area contributed by atoms with Crippen LogP contribution >= 0.6 is 0 Å². The minimum Gasteiger partial charge on any atom is -0.365 e. The number of nitrogens with one attached hydrogen (secondary N) is 1. The molecule has 2 amide bonds. The van der Waals surface area contributed by atoms with Crippen LogP contribution in [0.4, 0.5) is 0 Å². The van der Waals surface area contributed by atoms with E-state index in [1.807, 2.05) is 58.9 Å². The second-order valence-electron chi connectivity index (χ2n) is 7.44. The number of carbonyl (C=O) groups excluding carboxylic acids is 2. The molecule has 1 atom stereocenters. The van der Waals surface area contributed by atoms with Gasteiger partial charge in [0.25, 0.3) is 0 Å². The van der Waals surface area contributed by atoms with Gasteiger partial charge >= 0.3 is 0 Å². The molecular formula is C23H34BN3O3. The molecule has 1 fully saturated rings. The van der Waals surface area contributed by atoms with E-state index in [0.29, 0.717) is 30.9 Å². The van der Waals surface area contributed by atoms with E-state index in [0.717, 1.165) is 24.1 Å². The normalized spacial score (nSPS) is 15.0. The van der Waals surface area contributed by atoms with Crippen molar-refractivity contribution in [2.75, 3.05) is 6.54 Å². The summed E-state index contributed by atoms with van der Waals surface area (Å²) < 4.78 is 4.46. The van der Waals surface area contributed by atoms with Crippen LogP contribution in [0.2, 0.25) is 0 Å². The van der Waals surface area contributed by atoms with Gasteiger partial charge in [-0.3, -0.25) is 9.59 Å². The molecule has 0 aliphatic carbocycles. The number of likely N-dealkylation sites (tertiary alicyclic amines) is 1. The molecule has 6 nitrogen and oxygen atoms in total. The van der Waals surface area contributed by atoms with Gasteiger partial charge in [0, 0.05) is 25.6 Å². The molecular weight excluding hydrogens is 377 g/mol. The Kier molecular flexibility index (Phi) is 11.6. The quantitative estimate of drug-likeness (QED) is 0.767. The number of carbonyl (C=O) groups is 2. The van der Waals surface area contributed by atoms with Crippen LogP contribution in [-0.4, -0.2) is 42.3 Å². The molecule has 2 heterocycles. The van der Waals surface area contributed by atoms with Gasteiger partial charge < -0.3 is 14.7 Å². The van der Waals surface area contributed by atoms with Gasteiger partial charge in [-0.2, -0.15) is 0 Å². The van der Waals surface area contributed by atoms with Crippen molar-refractivity contribution in [2.24, 2.45) is 5.92 Å². The fourth-order valence-electron chi connectivity index (χ4n) is 3.02. The molecule has 0 spiro atoms. The predicted octanol–water partition coefficient (Wildman–Crippen LogP) is 3.14. The van der Waals surface area contributed by atoms with Crippen molar-refractivity contribution in [2.45, 2.75) is 66.5 Å². The average molecular weight is 411 g/mol. The number of hydrogen-bond donors (Lipinski definition) is 1. The molecule has 0 saturated carbocycles. The summed E-state index contributed by atoms with van der Waals surface area (Å²) in [7, 11) is 5.64. The highest BCUT2D eigenvalue weighted by Gasteiger charge is 2.33. The van der Waals surface area contributed by atoms with Crippen molar-refractivity contribution in [1.82, 2.24) is 15.4 Å². The smallest absolute Gasteiger partial charge is 0.243 e. The number of nitrogens with zero attached hydrogens (tertiary/aromatic N) is 2. The van der Waals surface area contributed by atoms with Crippen LogP contribution in [0.25, 0.3) is 0 Å². The van der Waals surface area contributed by atoms with Crippen LogP contribution in [-0.2, 0) is 16.1 Å². The van der Waals surface area contributed by atoms with Crippen molar-refractivity contribution in [1.29, 1.82) is 0 Å². The maximum absolute atomic E-state index is 12.4. The molecule has 1 aromatic carbocycles. The molecule has 30 heavy (non-hydrogen) atoms. The Morgan fingerprint density at radius 1 is 1.23 bits per heavy atom. The number of aromatic nitrogens is 1. The summed E-state index contributed by atoms with van der Waals surface area (Å²) in [5, 5.41) is 6.47. The molecule has 1 unspecified atom stereocenters. The second-order valence-corrected chi connectivity index (χ2v) is 7.44. The third-order valence-electron chi connectivity index (χ3n) is 4.47. The zero-order chi connectivity index (χ0) is 22.5. The van der Waals surface area contributed by atoms with Gasteiger partial charge in [0.2, 0.25) is 11.8 Å². The van der Waals surface area contributed by atoms with Crippen molar-refractivity contribution in [3.8, 4) is 0 Å². The highest BCUT2D eigenvalue weighted by atomic mass is 16.5. The van der Waals surface area contributed by atoms with Gasteiger partial charge in [0.05, 0.1) is 5.69 Å². The van der Waals surface area contributed by atoms with Crippen LogP contribution in [0.5, 0.6) is 0 Å². The van der Waals surface area contributed by atoms with Crippen LogP contribution in [0.15, 0.2) is 41.1 Å². The predicted molar refractivity (Wildman–Crippen MR) is 120 cm³/mol. The van der Waals surface area contributed by atoms with Crippen molar-refractivity contribution < 1.29 is 14.1 Å². The summed E-state index contributed by atoms with van der Waals surface area (Å²) in [4.78, 5) is 26.3. The lowest BCUT2D eigenvalue weighted by Crippen LogP contribution is -2.46. The van der Waals surface area contributed by atoms with E-state index >= 15 is 0 Å². The average Bonchev–Trinajstić information content (AvgIpc) is 3.40. The van der Waals surface area contributed by atoms with Gasteiger partial charge in [-0.05, 0) is 31.2 Å². The fraction of sp³-hybridized carbons (Fsp3) is 0.522. The maximum Gasteiger partial charge on any atom is 0.243 e. The first-order valence-corrected chi connectivity index (χ1v) is 10.7. The van der Waals surface area contributed by atoms with E-state index in [4.69, 9.17) is 7.85 Å². The number of amides is 2. The summed E-state index contributed by atoms with van der Waals surface area (Å²) in [5.41, 5.74) is 2.63. The van der Waals surface area contributed by atoms with Crippen molar-refractivity contribution >= 4 is 25.1 Å². The first-order chi connectivity index (χ1) is 14.4. The number of benzene rings is 1. The highest BCUT2D eigenvalue weighted by Crippen LogP contribution is 2.20. The van der Waals surface area contributed by atoms with Crippen LogP contribution in [0.3, 0.4) is 0 Å². The molecule has 1 aliphatic rings. The lowest BCUT2D eigenvalue weighted by atomic mass is 9.95. The summed E-state index contributed by atoms with van der Waals surface area (Å²) in [6.45, 7) is 11.1. The van der Waals surface area contributed by atoms with E-state index in [1.165, 1.54) is 0 Å². The minimum atomic E-state index is -0.319. The minimum absolute atomic E-state index is 0.0635. The SMILES string of the molecule is CC.Cc1ccon1.[B]c1ccc(CNC(=O)C2CCCN2C(=O)CC(C)C)cc1. The van der Waals surface area contributed by atoms with Gasteiger partial charge in [-0.1, -0.05) is 62.6 Å². The topological polar surface area (TPSA) is 75.4 Å². The Hall–Kier alpha value is -2.57. The third kappa shape index (κ3) is 8.85. The van der Waals surface area contributed by atoms with Crippen molar-refractivity contribution in [3.63, 3.8) is 0 Å².